The molecular weight excluding hydrogens is 244 g/mol. The molecule has 1 amide bonds. The van der Waals surface area contributed by atoms with Gasteiger partial charge in [-0.05, 0) is 37.1 Å². The van der Waals surface area contributed by atoms with E-state index < -0.39 is 0 Å². The Kier molecular flexibility index (Phi) is 6.60. The molecule has 0 fully saturated rings. The van der Waals surface area contributed by atoms with Crippen LogP contribution in [0.15, 0.2) is 24.3 Å². The second kappa shape index (κ2) is 8.26. The van der Waals surface area contributed by atoms with Gasteiger partial charge in [-0.2, -0.15) is 0 Å². The number of carbonyl (C=O) groups excluding carboxylic acids is 2. The highest BCUT2D eigenvalue weighted by molar-refractivity contribution is 5.89. The number of amides is 1. The maximum Gasteiger partial charge on any atom is 0.337 e. The first-order valence-corrected chi connectivity index (χ1v) is 6.31. The van der Waals surface area contributed by atoms with Crippen LogP contribution in [0.3, 0.4) is 0 Å². The van der Waals surface area contributed by atoms with E-state index in [1.165, 1.54) is 7.11 Å². The number of ether oxygens (including phenoxy) is 1. The summed E-state index contributed by atoms with van der Waals surface area (Å²) < 4.78 is 4.62. The average molecular weight is 264 g/mol. The van der Waals surface area contributed by atoms with Crippen molar-refractivity contribution in [2.45, 2.75) is 19.3 Å². The Bertz CT molecular complexity index is 415. The molecule has 0 saturated carbocycles. The van der Waals surface area contributed by atoms with E-state index in [-0.39, 0.29) is 11.9 Å². The van der Waals surface area contributed by atoms with Gasteiger partial charge >= 0.3 is 5.97 Å². The standard InChI is InChI=1S/C14H20N2O3/c1-19-14(18)12-6-4-11(5-7-12)8-10-16-13(17)3-2-9-15/h4-7H,2-3,8-10,15H2,1H3,(H,16,17). The lowest BCUT2D eigenvalue weighted by Crippen LogP contribution is -2.26. The smallest absolute Gasteiger partial charge is 0.337 e. The Labute approximate surface area is 113 Å². The van der Waals surface area contributed by atoms with Gasteiger partial charge in [-0.3, -0.25) is 4.79 Å². The van der Waals surface area contributed by atoms with Gasteiger partial charge in [0, 0.05) is 13.0 Å². The van der Waals surface area contributed by atoms with E-state index in [1.54, 1.807) is 12.1 Å². The van der Waals surface area contributed by atoms with Crippen molar-refractivity contribution in [1.82, 2.24) is 5.32 Å². The van der Waals surface area contributed by atoms with Gasteiger partial charge in [-0.15, -0.1) is 0 Å². The minimum Gasteiger partial charge on any atom is -0.465 e. The van der Waals surface area contributed by atoms with Crippen molar-refractivity contribution in [3.8, 4) is 0 Å². The zero-order chi connectivity index (χ0) is 14.1. The topological polar surface area (TPSA) is 81.4 Å². The van der Waals surface area contributed by atoms with Gasteiger partial charge < -0.3 is 15.8 Å². The summed E-state index contributed by atoms with van der Waals surface area (Å²) in [6.45, 7) is 1.11. The monoisotopic (exact) mass is 264 g/mol. The first-order valence-electron chi connectivity index (χ1n) is 6.31. The lowest BCUT2D eigenvalue weighted by molar-refractivity contribution is -0.121. The van der Waals surface area contributed by atoms with Gasteiger partial charge in [-0.25, -0.2) is 4.79 Å². The van der Waals surface area contributed by atoms with Crippen molar-refractivity contribution in [3.63, 3.8) is 0 Å². The fraction of sp³-hybridized carbons (Fsp3) is 0.429. The Hall–Kier alpha value is -1.88. The van der Waals surface area contributed by atoms with Gasteiger partial charge in [0.1, 0.15) is 0 Å². The van der Waals surface area contributed by atoms with Crippen molar-refractivity contribution in [1.29, 1.82) is 0 Å². The van der Waals surface area contributed by atoms with Crippen LogP contribution in [-0.4, -0.2) is 32.1 Å². The van der Waals surface area contributed by atoms with Crippen LogP contribution in [0, 0.1) is 0 Å². The largest absolute Gasteiger partial charge is 0.465 e. The second-order valence-corrected chi connectivity index (χ2v) is 4.18. The van der Waals surface area contributed by atoms with Crippen LogP contribution in [0.4, 0.5) is 0 Å². The first-order chi connectivity index (χ1) is 9.17. The summed E-state index contributed by atoms with van der Waals surface area (Å²) in [5, 5.41) is 2.83. The molecular formula is C14H20N2O3. The van der Waals surface area contributed by atoms with Gasteiger partial charge in [-0.1, -0.05) is 12.1 Å². The number of benzene rings is 1. The van der Waals surface area contributed by atoms with E-state index in [1.807, 2.05) is 12.1 Å². The van der Waals surface area contributed by atoms with Crippen LogP contribution in [0.5, 0.6) is 0 Å². The van der Waals surface area contributed by atoms with Crippen molar-refractivity contribution in [2.75, 3.05) is 20.2 Å². The maximum atomic E-state index is 11.3. The number of rotatable bonds is 7. The highest BCUT2D eigenvalue weighted by Gasteiger charge is 2.04. The zero-order valence-electron chi connectivity index (χ0n) is 11.1. The average Bonchev–Trinajstić information content (AvgIpc) is 2.45. The Morgan fingerprint density at radius 1 is 1.26 bits per heavy atom. The molecule has 0 bridgehead atoms. The molecule has 104 valence electrons. The van der Waals surface area contributed by atoms with Crippen molar-refractivity contribution < 1.29 is 14.3 Å². The molecule has 3 N–H and O–H groups in total. The highest BCUT2D eigenvalue weighted by atomic mass is 16.5. The van der Waals surface area contributed by atoms with Crippen LogP contribution in [0.25, 0.3) is 0 Å². The Morgan fingerprint density at radius 3 is 2.53 bits per heavy atom. The molecule has 19 heavy (non-hydrogen) atoms. The molecule has 0 atom stereocenters. The summed E-state index contributed by atoms with van der Waals surface area (Å²) in [6, 6.07) is 7.16. The van der Waals surface area contributed by atoms with E-state index in [0.717, 1.165) is 12.0 Å². The number of carbonyl (C=O) groups is 2. The molecule has 0 radical (unpaired) electrons. The molecule has 5 nitrogen and oxygen atoms in total. The van der Waals surface area contributed by atoms with Gasteiger partial charge in [0.05, 0.1) is 12.7 Å². The zero-order valence-corrected chi connectivity index (χ0v) is 11.1. The molecule has 0 unspecified atom stereocenters. The van der Waals surface area contributed by atoms with Crippen LogP contribution in [0.2, 0.25) is 0 Å². The van der Waals surface area contributed by atoms with Crippen molar-refractivity contribution in [3.05, 3.63) is 35.4 Å². The second-order valence-electron chi connectivity index (χ2n) is 4.18. The quantitative estimate of drug-likeness (QED) is 0.716. The molecule has 1 aromatic carbocycles. The summed E-state index contributed by atoms with van der Waals surface area (Å²) in [5.41, 5.74) is 6.92. The summed E-state index contributed by atoms with van der Waals surface area (Å²) in [4.78, 5) is 22.6. The third-order valence-electron chi connectivity index (χ3n) is 2.72. The number of hydrogen-bond donors (Lipinski definition) is 2. The number of methoxy groups -OCH3 is 1. The SMILES string of the molecule is COC(=O)c1ccc(CCNC(=O)CCCN)cc1. The molecule has 0 saturated heterocycles. The van der Waals surface area contributed by atoms with E-state index in [2.05, 4.69) is 10.1 Å². The molecule has 1 aromatic rings. The van der Waals surface area contributed by atoms with Crippen molar-refractivity contribution in [2.24, 2.45) is 5.73 Å². The van der Waals surface area contributed by atoms with E-state index in [9.17, 15) is 9.59 Å². The van der Waals surface area contributed by atoms with Crippen molar-refractivity contribution >= 4 is 11.9 Å². The molecule has 0 aromatic heterocycles. The van der Waals surface area contributed by atoms with Crippen LogP contribution >= 0.6 is 0 Å². The van der Waals surface area contributed by atoms with Crippen LogP contribution in [0.1, 0.15) is 28.8 Å². The summed E-state index contributed by atoms with van der Waals surface area (Å²) in [5.74, 6) is -0.321. The first kappa shape index (κ1) is 15.2. The fourth-order valence-electron chi connectivity index (χ4n) is 1.62. The van der Waals surface area contributed by atoms with Gasteiger partial charge in [0.15, 0.2) is 0 Å². The van der Waals surface area contributed by atoms with E-state index >= 15 is 0 Å². The summed E-state index contributed by atoms with van der Waals surface area (Å²) >= 11 is 0. The molecule has 5 heteroatoms. The minimum absolute atomic E-state index is 0.0247. The van der Waals surface area contributed by atoms with Gasteiger partial charge in [0.2, 0.25) is 5.91 Å². The summed E-state index contributed by atoms with van der Waals surface area (Å²) in [7, 11) is 1.35. The molecule has 0 aliphatic rings. The van der Waals surface area contributed by atoms with E-state index in [0.29, 0.717) is 31.5 Å². The molecule has 1 rings (SSSR count). The molecule has 0 aliphatic heterocycles. The number of esters is 1. The van der Waals surface area contributed by atoms with Crippen LogP contribution in [-0.2, 0) is 16.0 Å². The number of nitrogens with two attached hydrogens (primary N) is 1. The summed E-state index contributed by atoms with van der Waals surface area (Å²) in [6.07, 6.45) is 1.91. The van der Waals surface area contributed by atoms with Crippen LogP contribution < -0.4 is 11.1 Å². The predicted molar refractivity (Wildman–Crippen MR) is 72.8 cm³/mol. The fourth-order valence-corrected chi connectivity index (χ4v) is 1.62. The third kappa shape index (κ3) is 5.52. The number of hydrogen-bond acceptors (Lipinski definition) is 4. The predicted octanol–water partition coefficient (Wildman–Crippen LogP) is 0.871. The highest BCUT2D eigenvalue weighted by Crippen LogP contribution is 2.06. The molecule has 0 aliphatic carbocycles. The minimum atomic E-state index is -0.346. The number of nitrogens with one attached hydrogen (secondary N) is 1. The molecule has 0 heterocycles. The Balaban J connectivity index is 2.34. The maximum absolute atomic E-state index is 11.3. The molecule has 0 spiro atoms. The third-order valence-corrected chi connectivity index (χ3v) is 2.72. The lowest BCUT2D eigenvalue weighted by Gasteiger charge is -2.05. The normalized spacial score (nSPS) is 10.0. The van der Waals surface area contributed by atoms with E-state index in [4.69, 9.17) is 5.73 Å². The lowest BCUT2D eigenvalue weighted by atomic mass is 10.1. The Morgan fingerprint density at radius 2 is 1.95 bits per heavy atom. The van der Waals surface area contributed by atoms with Gasteiger partial charge in [0.25, 0.3) is 0 Å².